The molecule has 0 N–H and O–H groups in total. The van der Waals surface area contributed by atoms with Crippen LogP contribution in [-0.4, -0.2) is 22.4 Å². The Morgan fingerprint density at radius 1 is 1.00 bits per heavy atom. The number of amides is 1. The predicted octanol–water partition coefficient (Wildman–Crippen LogP) is 3.31. The van der Waals surface area contributed by atoms with Crippen LogP contribution < -0.4 is 0 Å². The van der Waals surface area contributed by atoms with Crippen LogP contribution in [0, 0.1) is 17.3 Å². The molecule has 2 nitrogen and oxygen atoms in total. The molecule has 3 unspecified atom stereocenters. The molecule has 0 bridgehead atoms. The first-order valence-electron chi connectivity index (χ1n) is 6.31. The summed E-state index contributed by atoms with van der Waals surface area (Å²) >= 11 is 0. The van der Waals surface area contributed by atoms with Gasteiger partial charge in [0.05, 0.1) is 0 Å². The largest absolute Gasteiger partial charge is 0.335 e. The fraction of sp³-hybridized carbons (Fsp3) is 0.929. The molecule has 0 saturated carbocycles. The summed E-state index contributed by atoms with van der Waals surface area (Å²) in [5, 5.41) is 0. The van der Waals surface area contributed by atoms with Crippen LogP contribution in [0.25, 0.3) is 0 Å². The third kappa shape index (κ3) is 2.11. The number of rotatable bonds is 0. The number of carbonyl (C=O) groups excluding carboxylic acids is 1. The highest BCUT2D eigenvalue weighted by Gasteiger charge is 2.51. The zero-order valence-corrected chi connectivity index (χ0v) is 12.1. The molecule has 1 heterocycles. The fourth-order valence-electron chi connectivity index (χ4n) is 3.57. The lowest BCUT2D eigenvalue weighted by molar-refractivity contribution is -0.135. The van der Waals surface area contributed by atoms with E-state index in [0.717, 1.165) is 0 Å². The van der Waals surface area contributed by atoms with Crippen LogP contribution in [0.4, 0.5) is 0 Å². The van der Waals surface area contributed by atoms with E-state index < -0.39 is 0 Å². The summed E-state index contributed by atoms with van der Waals surface area (Å²) in [6.07, 6.45) is 0. The molecule has 0 aromatic rings. The normalized spacial score (nSPS) is 32.4. The second kappa shape index (κ2) is 3.75. The minimum absolute atomic E-state index is 0.0647. The topological polar surface area (TPSA) is 20.3 Å². The maximum atomic E-state index is 12.3. The molecule has 1 aliphatic heterocycles. The van der Waals surface area contributed by atoms with Crippen molar-refractivity contribution in [3.05, 3.63) is 0 Å². The second-order valence-electron chi connectivity index (χ2n) is 7.30. The zero-order chi connectivity index (χ0) is 12.9. The average Bonchev–Trinajstić information content (AvgIpc) is 2.19. The van der Waals surface area contributed by atoms with Gasteiger partial charge in [-0.1, -0.05) is 27.7 Å². The molecular formula is C14H27NO. The summed E-state index contributed by atoms with van der Waals surface area (Å²) in [7, 11) is 0. The van der Waals surface area contributed by atoms with Crippen molar-refractivity contribution in [1.29, 1.82) is 0 Å². The van der Waals surface area contributed by atoms with E-state index in [4.69, 9.17) is 0 Å². The maximum absolute atomic E-state index is 12.3. The van der Waals surface area contributed by atoms with Crippen LogP contribution in [-0.2, 0) is 4.79 Å². The lowest BCUT2D eigenvalue weighted by Crippen LogP contribution is -2.48. The highest BCUT2D eigenvalue weighted by molar-refractivity contribution is 5.82. The van der Waals surface area contributed by atoms with Crippen LogP contribution in [0.2, 0.25) is 0 Å². The van der Waals surface area contributed by atoms with Gasteiger partial charge in [-0.3, -0.25) is 4.79 Å². The second-order valence-corrected chi connectivity index (χ2v) is 7.30. The predicted molar refractivity (Wildman–Crippen MR) is 68.2 cm³/mol. The molecule has 0 aromatic carbocycles. The first kappa shape index (κ1) is 13.5. The summed E-state index contributed by atoms with van der Waals surface area (Å²) in [6, 6.07) is 0.336. The average molecular weight is 225 g/mol. The van der Waals surface area contributed by atoms with Crippen molar-refractivity contribution in [2.24, 2.45) is 17.3 Å². The van der Waals surface area contributed by atoms with Crippen molar-refractivity contribution in [2.75, 3.05) is 0 Å². The van der Waals surface area contributed by atoms with Gasteiger partial charge < -0.3 is 4.90 Å². The standard InChI is InChI=1S/C14H27NO/c1-9-11(13(3,4)5)10(2)15(12(9)16)14(6,7)8/h9-11H,1-8H3. The van der Waals surface area contributed by atoms with Gasteiger partial charge in [-0.2, -0.15) is 0 Å². The Morgan fingerprint density at radius 2 is 1.44 bits per heavy atom. The van der Waals surface area contributed by atoms with Crippen molar-refractivity contribution >= 4 is 5.91 Å². The lowest BCUT2D eigenvalue weighted by Gasteiger charge is -2.39. The minimum Gasteiger partial charge on any atom is -0.335 e. The van der Waals surface area contributed by atoms with Gasteiger partial charge in [0.25, 0.3) is 0 Å². The van der Waals surface area contributed by atoms with Gasteiger partial charge in [-0.15, -0.1) is 0 Å². The molecule has 1 amide bonds. The molecule has 0 radical (unpaired) electrons. The van der Waals surface area contributed by atoms with Crippen molar-refractivity contribution < 1.29 is 4.79 Å². The van der Waals surface area contributed by atoms with Crippen LogP contribution in [0.5, 0.6) is 0 Å². The maximum Gasteiger partial charge on any atom is 0.226 e. The van der Waals surface area contributed by atoms with E-state index in [0.29, 0.717) is 17.9 Å². The van der Waals surface area contributed by atoms with Crippen LogP contribution >= 0.6 is 0 Å². The van der Waals surface area contributed by atoms with E-state index in [1.807, 2.05) is 0 Å². The van der Waals surface area contributed by atoms with Crippen molar-refractivity contribution in [3.8, 4) is 0 Å². The van der Waals surface area contributed by atoms with Crippen LogP contribution in [0.3, 0.4) is 0 Å². The Hall–Kier alpha value is -0.530. The van der Waals surface area contributed by atoms with Gasteiger partial charge in [-0.05, 0) is 39.0 Å². The number of hydrogen-bond acceptors (Lipinski definition) is 1. The van der Waals surface area contributed by atoms with Gasteiger partial charge in [0, 0.05) is 17.5 Å². The Kier molecular flexibility index (Phi) is 3.17. The third-order valence-electron chi connectivity index (χ3n) is 3.82. The van der Waals surface area contributed by atoms with Gasteiger partial charge in [0.15, 0.2) is 0 Å². The van der Waals surface area contributed by atoms with Gasteiger partial charge >= 0.3 is 0 Å². The summed E-state index contributed by atoms with van der Waals surface area (Å²) in [6.45, 7) is 17.4. The van der Waals surface area contributed by atoms with Crippen molar-refractivity contribution in [3.63, 3.8) is 0 Å². The van der Waals surface area contributed by atoms with E-state index >= 15 is 0 Å². The summed E-state index contributed by atoms with van der Waals surface area (Å²) in [5.41, 5.74) is 0.124. The van der Waals surface area contributed by atoms with Gasteiger partial charge in [0.2, 0.25) is 5.91 Å². The van der Waals surface area contributed by atoms with E-state index in [2.05, 4.69) is 60.3 Å². The fourth-order valence-corrected chi connectivity index (χ4v) is 3.57. The van der Waals surface area contributed by atoms with Gasteiger partial charge in [-0.25, -0.2) is 0 Å². The molecule has 16 heavy (non-hydrogen) atoms. The first-order chi connectivity index (χ1) is 6.98. The van der Waals surface area contributed by atoms with Crippen molar-refractivity contribution in [1.82, 2.24) is 4.90 Å². The van der Waals surface area contributed by atoms with Crippen LogP contribution in [0.15, 0.2) is 0 Å². The number of nitrogens with zero attached hydrogens (tertiary/aromatic N) is 1. The smallest absolute Gasteiger partial charge is 0.226 e. The Morgan fingerprint density at radius 3 is 1.62 bits per heavy atom. The minimum atomic E-state index is -0.0647. The summed E-state index contributed by atoms with van der Waals surface area (Å²) in [4.78, 5) is 14.4. The Bertz CT molecular complexity index is 282. The van der Waals surface area contributed by atoms with Gasteiger partial charge in [0.1, 0.15) is 0 Å². The summed E-state index contributed by atoms with van der Waals surface area (Å²) in [5.74, 6) is 0.911. The first-order valence-corrected chi connectivity index (χ1v) is 6.31. The Labute approximate surface area is 100 Å². The summed E-state index contributed by atoms with van der Waals surface area (Å²) < 4.78 is 0. The van der Waals surface area contributed by atoms with E-state index in [1.54, 1.807) is 0 Å². The monoisotopic (exact) mass is 225 g/mol. The number of likely N-dealkylation sites (tertiary alicyclic amines) is 1. The SMILES string of the molecule is CC1C(=O)N(C(C)(C)C)C(C)C1C(C)(C)C. The lowest BCUT2D eigenvalue weighted by atomic mass is 9.72. The number of hydrogen-bond donors (Lipinski definition) is 0. The Balaban J connectivity index is 3.09. The zero-order valence-electron chi connectivity index (χ0n) is 12.1. The molecular weight excluding hydrogens is 198 g/mol. The molecule has 1 rings (SSSR count). The highest BCUT2D eigenvalue weighted by Crippen LogP contribution is 2.44. The van der Waals surface area contributed by atoms with Crippen molar-refractivity contribution in [2.45, 2.75) is 67.0 Å². The molecule has 1 aliphatic rings. The highest BCUT2D eigenvalue weighted by atomic mass is 16.2. The molecule has 1 fully saturated rings. The van der Waals surface area contributed by atoms with E-state index in [-0.39, 0.29) is 16.9 Å². The molecule has 0 spiro atoms. The molecule has 2 heteroatoms. The molecule has 0 aliphatic carbocycles. The molecule has 94 valence electrons. The quantitative estimate of drug-likeness (QED) is 0.619. The number of carbonyl (C=O) groups is 1. The third-order valence-corrected chi connectivity index (χ3v) is 3.82. The molecule has 3 atom stereocenters. The molecule has 1 saturated heterocycles. The van der Waals surface area contributed by atoms with E-state index in [9.17, 15) is 4.79 Å². The van der Waals surface area contributed by atoms with Crippen LogP contribution in [0.1, 0.15) is 55.4 Å². The van der Waals surface area contributed by atoms with E-state index in [1.165, 1.54) is 0 Å². The molecule has 0 aromatic heterocycles.